The lowest BCUT2D eigenvalue weighted by molar-refractivity contribution is 0.394. The van der Waals surface area contributed by atoms with Crippen LogP contribution in [0.4, 0.5) is 0 Å². The van der Waals surface area contributed by atoms with Crippen LogP contribution in [0.1, 0.15) is 32.6 Å². The minimum Gasteiger partial charge on any atom is -0.507 e. The molecule has 19 heavy (non-hydrogen) atoms. The maximum atomic E-state index is 9.93. The van der Waals surface area contributed by atoms with Crippen LogP contribution in [-0.4, -0.2) is 10.4 Å². The smallest absolute Gasteiger partial charge is 0.123 e. The van der Waals surface area contributed by atoms with Crippen molar-refractivity contribution >= 4 is 22.5 Å². The molecule has 1 fully saturated rings. The van der Waals surface area contributed by atoms with Gasteiger partial charge in [0, 0.05) is 15.5 Å². The average molecular weight is 272 g/mol. The van der Waals surface area contributed by atoms with Gasteiger partial charge in [0.2, 0.25) is 0 Å². The molecule has 2 aromatic rings. The van der Waals surface area contributed by atoms with Gasteiger partial charge in [-0.15, -0.1) is 11.8 Å². The molecule has 3 rings (SSSR count). The molecule has 0 aliphatic heterocycles. The molecule has 2 unspecified atom stereocenters. The van der Waals surface area contributed by atoms with E-state index >= 15 is 0 Å². The van der Waals surface area contributed by atoms with E-state index in [-0.39, 0.29) is 0 Å². The van der Waals surface area contributed by atoms with Crippen LogP contribution in [-0.2, 0) is 0 Å². The van der Waals surface area contributed by atoms with Crippen LogP contribution >= 0.6 is 11.8 Å². The summed E-state index contributed by atoms with van der Waals surface area (Å²) in [6, 6.07) is 12.1. The molecule has 1 saturated carbocycles. The number of fused-ring (bicyclic) bond motifs is 1. The van der Waals surface area contributed by atoms with Crippen LogP contribution in [0.25, 0.3) is 10.8 Å². The Labute approximate surface area is 119 Å². The number of phenols is 1. The van der Waals surface area contributed by atoms with Crippen LogP contribution in [0.5, 0.6) is 5.75 Å². The van der Waals surface area contributed by atoms with Crippen molar-refractivity contribution < 1.29 is 5.11 Å². The SMILES string of the molecule is CC1CCCC(Sc2ccc(O)c3ccccc23)C1. The highest BCUT2D eigenvalue weighted by Gasteiger charge is 2.20. The quantitative estimate of drug-likeness (QED) is 0.809. The summed E-state index contributed by atoms with van der Waals surface area (Å²) in [7, 11) is 0. The molecular weight excluding hydrogens is 252 g/mol. The monoisotopic (exact) mass is 272 g/mol. The van der Waals surface area contributed by atoms with E-state index in [1.54, 1.807) is 0 Å². The van der Waals surface area contributed by atoms with Gasteiger partial charge in [0.1, 0.15) is 5.75 Å². The van der Waals surface area contributed by atoms with Crippen molar-refractivity contribution in [2.75, 3.05) is 0 Å². The van der Waals surface area contributed by atoms with Gasteiger partial charge in [0.05, 0.1) is 0 Å². The summed E-state index contributed by atoms with van der Waals surface area (Å²) in [5, 5.41) is 12.8. The Morgan fingerprint density at radius 1 is 1.05 bits per heavy atom. The van der Waals surface area contributed by atoms with E-state index in [9.17, 15) is 5.11 Å². The summed E-state index contributed by atoms with van der Waals surface area (Å²) in [4.78, 5) is 1.31. The number of benzene rings is 2. The number of hydrogen-bond donors (Lipinski definition) is 1. The Kier molecular flexibility index (Phi) is 3.69. The van der Waals surface area contributed by atoms with Gasteiger partial charge in [-0.1, -0.05) is 44.0 Å². The molecule has 0 saturated heterocycles. The number of rotatable bonds is 2. The maximum Gasteiger partial charge on any atom is 0.123 e. The van der Waals surface area contributed by atoms with Crippen molar-refractivity contribution in [2.24, 2.45) is 5.92 Å². The zero-order chi connectivity index (χ0) is 13.2. The maximum absolute atomic E-state index is 9.93. The Bertz CT molecular complexity index is 578. The van der Waals surface area contributed by atoms with E-state index in [0.29, 0.717) is 5.75 Å². The van der Waals surface area contributed by atoms with Crippen LogP contribution in [0.2, 0.25) is 0 Å². The van der Waals surface area contributed by atoms with Gasteiger partial charge in [-0.25, -0.2) is 0 Å². The molecule has 1 nitrogen and oxygen atoms in total. The van der Waals surface area contributed by atoms with Crippen LogP contribution in [0.15, 0.2) is 41.3 Å². The Morgan fingerprint density at radius 2 is 1.84 bits per heavy atom. The molecule has 2 aromatic carbocycles. The normalized spacial score (nSPS) is 23.6. The van der Waals surface area contributed by atoms with Gasteiger partial charge in [-0.3, -0.25) is 0 Å². The van der Waals surface area contributed by atoms with Crippen molar-refractivity contribution in [3.8, 4) is 5.75 Å². The lowest BCUT2D eigenvalue weighted by atomic mass is 9.91. The second kappa shape index (κ2) is 5.46. The summed E-state index contributed by atoms with van der Waals surface area (Å²) in [5.41, 5.74) is 0. The summed E-state index contributed by atoms with van der Waals surface area (Å²) in [6.45, 7) is 2.36. The van der Waals surface area contributed by atoms with Gasteiger partial charge in [0.25, 0.3) is 0 Å². The van der Waals surface area contributed by atoms with E-state index in [1.807, 2.05) is 30.0 Å². The zero-order valence-electron chi connectivity index (χ0n) is 11.3. The van der Waals surface area contributed by atoms with Crippen molar-refractivity contribution in [2.45, 2.75) is 42.8 Å². The van der Waals surface area contributed by atoms with Crippen molar-refractivity contribution in [3.63, 3.8) is 0 Å². The lowest BCUT2D eigenvalue weighted by Gasteiger charge is -2.26. The van der Waals surface area contributed by atoms with E-state index in [4.69, 9.17) is 0 Å². The van der Waals surface area contributed by atoms with Gasteiger partial charge < -0.3 is 5.11 Å². The highest BCUT2D eigenvalue weighted by Crippen LogP contribution is 2.40. The van der Waals surface area contributed by atoms with Crippen LogP contribution in [0, 0.1) is 5.92 Å². The minimum atomic E-state index is 0.386. The first-order valence-corrected chi connectivity index (χ1v) is 7.99. The predicted molar refractivity (Wildman–Crippen MR) is 82.9 cm³/mol. The first-order chi connectivity index (χ1) is 9.24. The van der Waals surface area contributed by atoms with Crippen LogP contribution in [0.3, 0.4) is 0 Å². The third kappa shape index (κ3) is 2.74. The van der Waals surface area contributed by atoms with E-state index in [2.05, 4.69) is 25.1 Å². The van der Waals surface area contributed by atoms with Crippen molar-refractivity contribution in [1.82, 2.24) is 0 Å². The first-order valence-electron chi connectivity index (χ1n) is 7.11. The van der Waals surface area contributed by atoms with Crippen molar-refractivity contribution in [1.29, 1.82) is 0 Å². The average Bonchev–Trinajstić information content (AvgIpc) is 2.42. The summed E-state index contributed by atoms with van der Waals surface area (Å²) < 4.78 is 0. The zero-order valence-corrected chi connectivity index (χ0v) is 12.1. The molecule has 1 N–H and O–H groups in total. The highest BCUT2D eigenvalue weighted by molar-refractivity contribution is 8.00. The lowest BCUT2D eigenvalue weighted by Crippen LogP contribution is -2.14. The highest BCUT2D eigenvalue weighted by atomic mass is 32.2. The first kappa shape index (κ1) is 12.9. The minimum absolute atomic E-state index is 0.386. The van der Waals surface area contributed by atoms with E-state index in [1.165, 1.54) is 36.0 Å². The third-order valence-corrected chi connectivity index (χ3v) is 5.41. The third-order valence-electron chi connectivity index (χ3n) is 4.04. The van der Waals surface area contributed by atoms with Gasteiger partial charge in [-0.2, -0.15) is 0 Å². The molecular formula is C17H20OS. The largest absolute Gasteiger partial charge is 0.507 e. The van der Waals surface area contributed by atoms with Gasteiger partial charge in [0.15, 0.2) is 0 Å². The Morgan fingerprint density at radius 3 is 2.63 bits per heavy atom. The summed E-state index contributed by atoms with van der Waals surface area (Å²) in [5.74, 6) is 1.24. The molecule has 100 valence electrons. The number of aromatic hydroxyl groups is 1. The Balaban J connectivity index is 1.90. The molecule has 0 radical (unpaired) electrons. The molecule has 0 bridgehead atoms. The molecule has 2 atom stereocenters. The van der Waals surface area contributed by atoms with Gasteiger partial charge in [-0.05, 0) is 36.3 Å². The van der Waals surface area contributed by atoms with E-state index in [0.717, 1.165) is 16.6 Å². The van der Waals surface area contributed by atoms with Crippen molar-refractivity contribution in [3.05, 3.63) is 36.4 Å². The molecule has 0 spiro atoms. The molecule has 1 aliphatic carbocycles. The number of thioether (sulfide) groups is 1. The van der Waals surface area contributed by atoms with Gasteiger partial charge >= 0.3 is 0 Å². The fourth-order valence-electron chi connectivity index (χ4n) is 3.02. The second-order valence-corrected chi connectivity index (χ2v) is 6.98. The summed E-state index contributed by atoms with van der Waals surface area (Å²) >= 11 is 2.00. The fraction of sp³-hybridized carbons (Fsp3) is 0.412. The summed E-state index contributed by atoms with van der Waals surface area (Å²) in [6.07, 6.45) is 5.38. The standard InChI is InChI=1S/C17H20OS/c1-12-5-4-6-13(11-12)19-17-10-9-16(18)14-7-2-3-8-15(14)17/h2-3,7-10,12-13,18H,4-6,11H2,1H3. The fourth-order valence-corrected chi connectivity index (χ4v) is 4.54. The topological polar surface area (TPSA) is 20.2 Å². The second-order valence-electron chi connectivity index (χ2n) is 5.64. The van der Waals surface area contributed by atoms with E-state index < -0.39 is 0 Å². The molecule has 0 amide bonds. The van der Waals surface area contributed by atoms with Crippen LogP contribution < -0.4 is 0 Å². The molecule has 1 aliphatic rings. The molecule has 0 aromatic heterocycles. The predicted octanol–water partition coefficient (Wildman–Crippen LogP) is 5.22. The number of phenolic OH excluding ortho intramolecular Hbond substituents is 1. The Hall–Kier alpha value is -1.15. The molecule has 2 heteroatoms. The molecule has 0 heterocycles. The number of hydrogen-bond acceptors (Lipinski definition) is 2.